The minimum atomic E-state index is -3.48. The van der Waals surface area contributed by atoms with Crippen LogP contribution in [0, 0.1) is 6.92 Å². The number of fused-ring (bicyclic) bond motifs is 3. The van der Waals surface area contributed by atoms with Crippen molar-refractivity contribution in [2.24, 2.45) is 0 Å². The number of carbonyl (C=O) groups excluding carboxylic acids is 1. The Morgan fingerprint density at radius 3 is 2.42 bits per heavy atom. The molecule has 3 heterocycles. The Morgan fingerprint density at radius 2 is 1.71 bits per heavy atom. The molecule has 0 unspecified atom stereocenters. The normalized spacial score (nSPS) is 24.3. The number of piperidine rings is 1. The molecule has 164 valence electrons. The van der Waals surface area contributed by atoms with Gasteiger partial charge in [0.25, 0.3) is 5.91 Å². The van der Waals surface area contributed by atoms with E-state index < -0.39 is 10.0 Å². The summed E-state index contributed by atoms with van der Waals surface area (Å²) in [4.78, 5) is 18.2. The first-order valence-corrected chi connectivity index (χ1v) is 12.5. The second-order valence-corrected chi connectivity index (χ2v) is 11.0. The first kappa shape index (κ1) is 20.7. The van der Waals surface area contributed by atoms with Gasteiger partial charge in [0, 0.05) is 42.8 Å². The lowest BCUT2D eigenvalue weighted by molar-refractivity contribution is 0.0964. The number of sulfonamides is 1. The van der Waals surface area contributed by atoms with Crippen molar-refractivity contribution in [3.63, 3.8) is 0 Å². The number of nitrogens with zero attached hydrogens (tertiary/aromatic N) is 3. The van der Waals surface area contributed by atoms with Gasteiger partial charge in [0.15, 0.2) is 0 Å². The van der Waals surface area contributed by atoms with Crippen molar-refractivity contribution in [1.82, 2.24) is 9.21 Å². The molecular weight excluding hydrogens is 410 g/mol. The molecule has 7 heteroatoms. The number of aryl methyl sites for hydroxylation is 1. The van der Waals surface area contributed by atoms with E-state index in [0.29, 0.717) is 24.6 Å². The molecule has 2 saturated heterocycles. The highest BCUT2D eigenvalue weighted by Gasteiger charge is 2.44. The van der Waals surface area contributed by atoms with Gasteiger partial charge in [-0.15, -0.1) is 0 Å². The molecule has 3 aliphatic rings. The van der Waals surface area contributed by atoms with E-state index in [0.717, 1.165) is 38.0 Å². The first-order chi connectivity index (χ1) is 14.9. The Kier molecular flexibility index (Phi) is 5.15. The van der Waals surface area contributed by atoms with Crippen molar-refractivity contribution in [1.29, 1.82) is 0 Å². The summed E-state index contributed by atoms with van der Waals surface area (Å²) in [5.41, 5.74) is 3.98. The molecule has 0 saturated carbocycles. The number of benzene rings is 2. The molecule has 0 aliphatic carbocycles. The predicted molar refractivity (Wildman–Crippen MR) is 121 cm³/mol. The number of carbonyl (C=O) groups is 1. The molecule has 2 aromatic rings. The molecule has 1 amide bonds. The maximum absolute atomic E-state index is 13.6. The van der Waals surface area contributed by atoms with Crippen molar-refractivity contribution >= 4 is 21.6 Å². The quantitative estimate of drug-likeness (QED) is 0.737. The number of likely N-dealkylation sites (tertiary alicyclic amines) is 1. The summed E-state index contributed by atoms with van der Waals surface area (Å²) in [6.07, 6.45) is 2.74. The van der Waals surface area contributed by atoms with Gasteiger partial charge < -0.3 is 9.80 Å². The summed E-state index contributed by atoms with van der Waals surface area (Å²) in [6, 6.07) is 13.0. The van der Waals surface area contributed by atoms with Crippen LogP contribution in [0.3, 0.4) is 0 Å². The average molecular weight is 440 g/mol. The smallest absolute Gasteiger partial charge is 0.258 e. The van der Waals surface area contributed by atoms with Gasteiger partial charge in [-0.3, -0.25) is 4.79 Å². The average Bonchev–Trinajstić information content (AvgIpc) is 3.40. The molecule has 2 fully saturated rings. The van der Waals surface area contributed by atoms with E-state index in [-0.39, 0.29) is 16.8 Å². The van der Waals surface area contributed by atoms with E-state index in [1.807, 2.05) is 4.90 Å². The molecule has 5 rings (SSSR count). The van der Waals surface area contributed by atoms with E-state index in [1.54, 1.807) is 24.3 Å². The van der Waals surface area contributed by atoms with Gasteiger partial charge >= 0.3 is 0 Å². The van der Waals surface area contributed by atoms with Crippen LogP contribution >= 0.6 is 0 Å². The molecule has 6 nitrogen and oxygen atoms in total. The van der Waals surface area contributed by atoms with Crippen LogP contribution in [0.5, 0.6) is 0 Å². The third kappa shape index (κ3) is 3.49. The molecule has 0 N–H and O–H groups in total. The minimum Gasteiger partial charge on any atom is -0.306 e. The summed E-state index contributed by atoms with van der Waals surface area (Å²) >= 11 is 0. The highest BCUT2D eigenvalue weighted by atomic mass is 32.2. The Hall–Kier alpha value is -2.22. The molecule has 0 spiro atoms. The van der Waals surface area contributed by atoms with Gasteiger partial charge in [0.2, 0.25) is 10.0 Å². The number of anilines is 1. The minimum absolute atomic E-state index is 0.0488. The Labute approximate surface area is 184 Å². The Balaban J connectivity index is 1.46. The van der Waals surface area contributed by atoms with Crippen LogP contribution in [0.1, 0.15) is 46.7 Å². The van der Waals surface area contributed by atoms with Crippen molar-refractivity contribution in [3.8, 4) is 0 Å². The fraction of sp³-hybridized carbons (Fsp3) is 0.458. The standard InChI is InChI=1S/C24H29N3O3S/c1-17-5-10-22-20(15-17)21-16-25(2)14-11-23(21)27(22)24(28)18-6-8-19(9-7-18)31(29,30)26-12-3-4-13-26/h5-10,15,21,23H,3-4,11-14,16H2,1-2H3/t21-,23-/m0/s1. The van der Waals surface area contributed by atoms with Gasteiger partial charge in [-0.1, -0.05) is 17.7 Å². The van der Waals surface area contributed by atoms with Gasteiger partial charge in [-0.25, -0.2) is 8.42 Å². The summed E-state index contributed by atoms with van der Waals surface area (Å²) in [6.45, 7) is 5.14. The van der Waals surface area contributed by atoms with E-state index in [2.05, 4.69) is 37.1 Å². The highest BCUT2D eigenvalue weighted by molar-refractivity contribution is 7.89. The Morgan fingerprint density at radius 1 is 1.00 bits per heavy atom. The second-order valence-electron chi connectivity index (χ2n) is 9.10. The summed E-state index contributed by atoms with van der Waals surface area (Å²) in [7, 11) is -1.34. The van der Waals surface area contributed by atoms with Crippen LogP contribution in [0.25, 0.3) is 0 Å². The van der Waals surface area contributed by atoms with Gasteiger partial charge in [-0.2, -0.15) is 4.31 Å². The molecule has 0 bridgehead atoms. The van der Waals surface area contributed by atoms with Crippen LogP contribution in [0.4, 0.5) is 5.69 Å². The monoisotopic (exact) mass is 439 g/mol. The highest BCUT2D eigenvalue weighted by Crippen LogP contribution is 2.45. The zero-order valence-corrected chi connectivity index (χ0v) is 18.9. The van der Waals surface area contributed by atoms with Crippen molar-refractivity contribution in [3.05, 3.63) is 59.2 Å². The van der Waals surface area contributed by atoms with E-state index in [4.69, 9.17) is 0 Å². The topological polar surface area (TPSA) is 60.9 Å². The second kappa shape index (κ2) is 7.73. The van der Waals surface area contributed by atoms with E-state index in [1.165, 1.54) is 15.4 Å². The van der Waals surface area contributed by atoms with Crippen LogP contribution in [0.2, 0.25) is 0 Å². The number of rotatable bonds is 3. The largest absolute Gasteiger partial charge is 0.306 e. The van der Waals surface area contributed by atoms with Gasteiger partial charge in [0.1, 0.15) is 0 Å². The van der Waals surface area contributed by atoms with Crippen molar-refractivity contribution < 1.29 is 13.2 Å². The number of amides is 1. The zero-order valence-electron chi connectivity index (χ0n) is 18.1. The molecule has 0 radical (unpaired) electrons. The summed E-state index contributed by atoms with van der Waals surface area (Å²) < 4.78 is 27.2. The third-order valence-corrected chi connectivity index (χ3v) is 8.89. The van der Waals surface area contributed by atoms with Crippen LogP contribution in [-0.2, 0) is 10.0 Å². The first-order valence-electron chi connectivity index (χ1n) is 11.1. The number of hydrogen-bond acceptors (Lipinski definition) is 4. The van der Waals surface area contributed by atoms with Crippen LogP contribution in [0.15, 0.2) is 47.4 Å². The molecule has 31 heavy (non-hydrogen) atoms. The van der Waals surface area contributed by atoms with Gasteiger partial charge in [0.05, 0.1) is 4.90 Å². The van der Waals surface area contributed by atoms with E-state index >= 15 is 0 Å². The number of likely N-dealkylation sites (N-methyl/N-ethyl adjacent to an activating group) is 1. The SMILES string of the molecule is Cc1ccc2c(c1)[C@@H]1CN(C)CC[C@@H]1N2C(=O)c1ccc(S(=O)(=O)N2CCCC2)cc1. The molecule has 2 aromatic carbocycles. The summed E-state index contributed by atoms with van der Waals surface area (Å²) in [5.74, 6) is 0.264. The fourth-order valence-corrected chi connectivity index (χ4v) is 6.85. The lowest BCUT2D eigenvalue weighted by atomic mass is 9.88. The molecule has 0 aromatic heterocycles. The predicted octanol–water partition coefficient (Wildman–Crippen LogP) is 3.23. The lowest BCUT2D eigenvalue weighted by Gasteiger charge is -2.36. The maximum atomic E-state index is 13.6. The third-order valence-electron chi connectivity index (χ3n) is 6.98. The van der Waals surface area contributed by atoms with Crippen molar-refractivity contribution in [2.75, 3.05) is 38.1 Å². The fourth-order valence-electron chi connectivity index (χ4n) is 5.33. The lowest BCUT2D eigenvalue weighted by Crippen LogP contribution is -2.47. The maximum Gasteiger partial charge on any atom is 0.258 e. The van der Waals surface area contributed by atoms with Gasteiger partial charge in [-0.05, 0) is 75.7 Å². The number of hydrogen-bond donors (Lipinski definition) is 0. The molecule has 2 atom stereocenters. The van der Waals surface area contributed by atoms with E-state index in [9.17, 15) is 13.2 Å². The molecular formula is C24H29N3O3S. The van der Waals surface area contributed by atoms with Crippen molar-refractivity contribution in [2.45, 2.75) is 43.0 Å². The van der Waals surface area contributed by atoms with Crippen LogP contribution < -0.4 is 4.90 Å². The summed E-state index contributed by atoms with van der Waals surface area (Å²) in [5, 5.41) is 0. The van der Waals surface area contributed by atoms with Crippen LogP contribution in [-0.4, -0.2) is 62.8 Å². The zero-order chi connectivity index (χ0) is 21.8. The molecule has 3 aliphatic heterocycles. The Bertz CT molecular complexity index is 1110.